The number of rotatable bonds is 3. The van der Waals surface area contributed by atoms with Crippen molar-refractivity contribution in [3.63, 3.8) is 0 Å². The standard InChI is InChI=1S/C13H8BrN3O2S/c14-10-4-2-1-3-9(10)11(18)15-13-17-16-12(19-13)8-5-6-20-7-8/h1-7H,(H,15,17,18). The number of carbonyl (C=O) groups excluding carboxylic acids is 1. The summed E-state index contributed by atoms with van der Waals surface area (Å²) < 4.78 is 6.10. The number of thiophene rings is 1. The van der Waals surface area contributed by atoms with Crippen LogP contribution >= 0.6 is 27.3 Å². The van der Waals surface area contributed by atoms with Crippen LogP contribution in [0, 0.1) is 0 Å². The van der Waals surface area contributed by atoms with Crippen molar-refractivity contribution in [2.45, 2.75) is 0 Å². The number of hydrogen-bond donors (Lipinski definition) is 1. The number of halogens is 1. The van der Waals surface area contributed by atoms with Gasteiger partial charge in [-0.15, -0.1) is 5.10 Å². The Balaban J connectivity index is 1.79. The molecule has 3 rings (SSSR count). The topological polar surface area (TPSA) is 68.0 Å². The normalized spacial score (nSPS) is 10.4. The van der Waals surface area contributed by atoms with E-state index in [9.17, 15) is 4.79 Å². The lowest BCUT2D eigenvalue weighted by Gasteiger charge is -2.02. The average Bonchev–Trinajstić information content (AvgIpc) is 3.09. The average molecular weight is 350 g/mol. The van der Waals surface area contributed by atoms with Crippen LogP contribution in [0.5, 0.6) is 0 Å². The van der Waals surface area contributed by atoms with Gasteiger partial charge in [-0.2, -0.15) is 11.3 Å². The Morgan fingerprint density at radius 1 is 1.25 bits per heavy atom. The van der Waals surface area contributed by atoms with Gasteiger partial charge in [0.2, 0.25) is 0 Å². The molecule has 1 N–H and O–H groups in total. The zero-order valence-corrected chi connectivity index (χ0v) is 12.4. The summed E-state index contributed by atoms with van der Waals surface area (Å²) in [4.78, 5) is 12.1. The fourth-order valence-electron chi connectivity index (χ4n) is 1.59. The van der Waals surface area contributed by atoms with E-state index in [-0.39, 0.29) is 11.9 Å². The van der Waals surface area contributed by atoms with Gasteiger partial charge < -0.3 is 4.42 Å². The Bertz CT molecular complexity index is 740. The third kappa shape index (κ3) is 2.63. The minimum atomic E-state index is -0.307. The van der Waals surface area contributed by atoms with Crippen molar-refractivity contribution in [2.75, 3.05) is 5.32 Å². The zero-order valence-electron chi connectivity index (χ0n) is 10.0. The van der Waals surface area contributed by atoms with Gasteiger partial charge in [0.05, 0.1) is 5.56 Å². The molecule has 20 heavy (non-hydrogen) atoms. The molecular formula is C13H8BrN3O2S. The van der Waals surface area contributed by atoms with Crippen LogP contribution in [0.1, 0.15) is 10.4 Å². The third-order valence-electron chi connectivity index (χ3n) is 2.53. The van der Waals surface area contributed by atoms with E-state index >= 15 is 0 Å². The van der Waals surface area contributed by atoms with Crippen LogP contribution in [0.3, 0.4) is 0 Å². The summed E-state index contributed by atoms with van der Waals surface area (Å²) in [6.07, 6.45) is 0. The molecule has 100 valence electrons. The molecule has 5 nitrogen and oxygen atoms in total. The molecule has 0 saturated carbocycles. The maximum absolute atomic E-state index is 12.1. The van der Waals surface area contributed by atoms with Crippen molar-refractivity contribution in [2.24, 2.45) is 0 Å². The molecule has 0 fully saturated rings. The van der Waals surface area contributed by atoms with Crippen molar-refractivity contribution in [3.8, 4) is 11.5 Å². The highest BCUT2D eigenvalue weighted by Crippen LogP contribution is 2.23. The molecule has 0 radical (unpaired) electrons. The zero-order chi connectivity index (χ0) is 13.9. The molecule has 2 aromatic heterocycles. The number of amides is 1. The van der Waals surface area contributed by atoms with E-state index in [1.807, 2.05) is 22.9 Å². The fourth-order valence-corrected chi connectivity index (χ4v) is 2.68. The van der Waals surface area contributed by atoms with Crippen molar-refractivity contribution < 1.29 is 9.21 Å². The predicted molar refractivity (Wildman–Crippen MR) is 79.7 cm³/mol. The first kappa shape index (κ1) is 13.0. The van der Waals surface area contributed by atoms with Gasteiger partial charge in [0.1, 0.15) is 0 Å². The second kappa shape index (κ2) is 5.56. The van der Waals surface area contributed by atoms with E-state index in [0.717, 1.165) is 5.56 Å². The van der Waals surface area contributed by atoms with Crippen molar-refractivity contribution in [3.05, 3.63) is 51.1 Å². The van der Waals surface area contributed by atoms with Crippen LogP contribution < -0.4 is 5.32 Å². The largest absolute Gasteiger partial charge is 0.403 e. The minimum Gasteiger partial charge on any atom is -0.403 e. The molecule has 7 heteroatoms. The molecule has 0 bridgehead atoms. The molecule has 1 amide bonds. The lowest BCUT2D eigenvalue weighted by molar-refractivity contribution is 0.102. The van der Waals surface area contributed by atoms with Gasteiger partial charge in [-0.1, -0.05) is 17.2 Å². The van der Waals surface area contributed by atoms with Crippen LogP contribution in [0.25, 0.3) is 11.5 Å². The van der Waals surface area contributed by atoms with Gasteiger partial charge >= 0.3 is 6.01 Å². The number of anilines is 1. The molecule has 0 saturated heterocycles. The van der Waals surface area contributed by atoms with E-state index in [0.29, 0.717) is 15.9 Å². The molecule has 1 aromatic carbocycles. The van der Waals surface area contributed by atoms with E-state index in [1.54, 1.807) is 18.2 Å². The lowest BCUT2D eigenvalue weighted by Crippen LogP contribution is -2.12. The van der Waals surface area contributed by atoms with E-state index in [4.69, 9.17) is 4.42 Å². The Morgan fingerprint density at radius 3 is 2.85 bits per heavy atom. The summed E-state index contributed by atoms with van der Waals surface area (Å²) in [5.74, 6) is 0.0756. The Morgan fingerprint density at radius 2 is 2.10 bits per heavy atom. The van der Waals surface area contributed by atoms with E-state index in [1.165, 1.54) is 11.3 Å². The van der Waals surface area contributed by atoms with Gasteiger partial charge in [-0.3, -0.25) is 10.1 Å². The molecular weight excluding hydrogens is 342 g/mol. The number of aromatic nitrogens is 2. The summed E-state index contributed by atoms with van der Waals surface area (Å²) >= 11 is 4.86. The molecule has 0 unspecified atom stereocenters. The van der Waals surface area contributed by atoms with Gasteiger partial charge in [-0.25, -0.2) is 0 Å². The molecule has 0 aliphatic heterocycles. The van der Waals surface area contributed by atoms with E-state index in [2.05, 4.69) is 31.4 Å². The van der Waals surface area contributed by atoms with Crippen LogP contribution in [0.4, 0.5) is 6.01 Å². The Hall–Kier alpha value is -1.99. The quantitative estimate of drug-likeness (QED) is 0.780. The smallest absolute Gasteiger partial charge is 0.322 e. The van der Waals surface area contributed by atoms with Gasteiger partial charge in [0, 0.05) is 15.4 Å². The summed E-state index contributed by atoms with van der Waals surface area (Å²) in [5, 5.41) is 14.1. The Labute approximate surface area is 126 Å². The van der Waals surface area contributed by atoms with Gasteiger partial charge in [0.25, 0.3) is 11.8 Å². The first-order valence-electron chi connectivity index (χ1n) is 5.66. The molecule has 0 atom stereocenters. The molecule has 0 spiro atoms. The monoisotopic (exact) mass is 349 g/mol. The number of nitrogens with one attached hydrogen (secondary N) is 1. The molecule has 0 aliphatic rings. The minimum absolute atomic E-state index is 0.0759. The summed E-state index contributed by atoms with van der Waals surface area (Å²) in [5.41, 5.74) is 1.34. The summed E-state index contributed by atoms with van der Waals surface area (Å²) in [7, 11) is 0. The highest BCUT2D eigenvalue weighted by atomic mass is 79.9. The molecule has 2 heterocycles. The summed E-state index contributed by atoms with van der Waals surface area (Å²) in [6, 6.07) is 9.06. The Kier molecular flexibility index (Phi) is 3.62. The molecule has 0 aliphatic carbocycles. The fraction of sp³-hybridized carbons (Fsp3) is 0. The SMILES string of the molecule is O=C(Nc1nnc(-c2ccsc2)o1)c1ccccc1Br. The maximum atomic E-state index is 12.1. The number of hydrogen-bond acceptors (Lipinski definition) is 5. The van der Waals surface area contributed by atoms with Crippen LogP contribution in [-0.2, 0) is 0 Å². The van der Waals surface area contributed by atoms with Crippen LogP contribution in [-0.4, -0.2) is 16.1 Å². The molecule has 3 aromatic rings. The summed E-state index contributed by atoms with van der Waals surface area (Å²) in [6.45, 7) is 0. The first-order chi connectivity index (χ1) is 9.74. The number of benzene rings is 1. The van der Waals surface area contributed by atoms with Crippen LogP contribution in [0.2, 0.25) is 0 Å². The van der Waals surface area contributed by atoms with E-state index < -0.39 is 0 Å². The number of carbonyl (C=O) groups is 1. The van der Waals surface area contributed by atoms with Gasteiger partial charge in [0.15, 0.2) is 0 Å². The highest BCUT2D eigenvalue weighted by Gasteiger charge is 2.14. The second-order valence-electron chi connectivity index (χ2n) is 3.86. The van der Waals surface area contributed by atoms with Crippen molar-refractivity contribution in [1.29, 1.82) is 0 Å². The van der Waals surface area contributed by atoms with Crippen molar-refractivity contribution in [1.82, 2.24) is 10.2 Å². The third-order valence-corrected chi connectivity index (χ3v) is 3.91. The first-order valence-corrected chi connectivity index (χ1v) is 7.39. The van der Waals surface area contributed by atoms with Gasteiger partial charge in [-0.05, 0) is 39.5 Å². The van der Waals surface area contributed by atoms with Crippen molar-refractivity contribution >= 4 is 39.2 Å². The highest BCUT2D eigenvalue weighted by molar-refractivity contribution is 9.10. The van der Waals surface area contributed by atoms with Crippen LogP contribution in [0.15, 0.2) is 50.0 Å². The second-order valence-corrected chi connectivity index (χ2v) is 5.49. The lowest BCUT2D eigenvalue weighted by atomic mass is 10.2. The predicted octanol–water partition coefficient (Wildman–Crippen LogP) is 3.81. The maximum Gasteiger partial charge on any atom is 0.322 e. The number of nitrogens with zero attached hydrogens (tertiary/aromatic N) is 2.